The number of hydrogen-bond donors (Lipinski definition) is 1. The van der Waals surface area contributed by atoms with Crippen LogP contribution in [0.3, 0.4) is 0 Å². The van der Waals surface area contributed by atoms with E-state index in [4.69, 9.17) is 5.73 Å². The third-order valence-corrected chi connectivity index (χ3v) is 5.03. The lowest BCUT2D eigenvalue weighted by Gasteiger charge is -2.42. The van der Waals surface area contributed by atoms with Gasteiger partial charge in [0.05, 0.1) is 0 Å². The molecule has 2 atom stereocenters. The molecule has 2 N–H and O–H groups in total. The molecule has 0 aromatic carbocycles. The Hall–Kier alpha value is -0.160. The van der Waals surface area contributed by atoms with E-state index in [0.29, 0.717) is 6.04 Å². The summed E-state index contributed by atoms with van der Waals surface area (Å²) in [5, 5.41) is 0. The number of nitrogens with two attached hydrogens (primary N) is 1. The lowest BCUT2D eigenvalue weighted by molar-refractivity contribution is 0.0876. The molecule has 2 saturated heterocycles. The zero-order chi connectivity index (χ0) is 13.2. The molecule has 106 valence electrons. The summed E-state index contributed by atoms with van der Waals surface area (Å²) in [6, 6.07) is 0.715. The minimum absolute atomic E-state index is 0.253. The van der Waals surface area contributed by atoms with Gasteiger partial charge in [0.25, 0.3) is 0 Å². The molecular formula is C14H30N4. The monoisotopic (exact) mass is 254 g/mol. The van der Waals surface area contributed by atoms with Crippen LogP contribution >= 0.6 is 0 Å². The predicted molar refractivity (Wildman–Crippen MR) is 76.8 cm³/mol. The van der Waals surface area contributed by atoms with E-state index in [0.717, 1.165) is 6.54 Å². The van der Waals surface area contributed by atoms with Gasteiger partial charge in [-0.25, -0.2) is 0 Å². The van der Waals surface area contributed by atoms with E-state index in [-0.39, 0.29) is 5.54 Å². The highest BCUT2D eigenvalue weighted by Crippen LogP contribution is 2.39. The standard InChI is InChI=1S/C14H30N4/c1-16(2)8-5-9-17(3)14(12-15)7-11-18-10-4-6-13(14)18/h13H,4-12,15H2,1-3H3. The largest absolute Gasteiger partial charge is 0.329 e. The number of nitrogens with zero attached hydrogens (tertiary/aromatic N) is 3. The van der Waals surface area contributed by atoms with E-state index in [1.807, 2.05) is 0 Å². The molecule has 2 rings (SSSR count). The van der Waals surface area contributed by atoms with Crippen LogP contribution in [0, 0.1) is 0 Å². The third kappa shape index (κ3) is 2.57. The quantitative estimate of drug-likeness (QED) is 0.746. The first-order valence-corrected chi connectivity index (χ1v) is 7.40. The van der Waals surface area contributed by atoms with E-state index in [1.54, 1.807) is 0 Å². The molecule has 0 aromatic heterocycles. The Morgan fingerprint density at radius 1 is 1.22 bits per heavy atom. The Balaban J connectivity index is 1.94. The number of fused-ring (bicyclic) bond motifs is 1. The van der Waals surface area contributed by atoms with E-state index in [2.05, 4.69) is 35.8 Å². The first-order chi connectivity index (χ1) is 8.60. The number of rotatable bonds is 6. The van der Waals surface area contributed by atoms with Gasteiger partial charge in [-0.15, -0.1) is 0 Å². The predicted octanol–water partition coefficient (Wildman–Crippen LogP) is 0.436. The summed E-state index contributed by atoms with van der Waals surface area (Å²) in [5.41, 5.74) is 6.43. The maximum atomic E-state index is 6.18. The highest BCUT2D eigenvalue weighted by molar-refractivity contribution is 5.09. The second-order valence-electron chi connectivity index (χ2n) is 6.33. The van der Waals surface area contributed by atoms with Crippen LogP contribution in [-0.2, 0) is 0 Å². The minimum atomic E-state index is 0.253. The van der Waals surface area contributed by atoms with Crippen LogP contribution in [0.4, 0.5) is 0 Å². The van der Waals surface area contributed by atoms with Crippen molar-refractivity contribution in [3.05, 3.63) is 0 Å². The van der Waals surface area contributed by atoms with Crippen LogP contribution in [0.1, 0.15) is 25.7 Å². The number of hydrogen-bond acceptors (Lipinski definition) is 4. The van der Waals surface area contributed by atoms with Crippen LogP contribution in [0.5, 0.6) is 0 Å². The summed E-state index contributed by atoms with van der Waals surface area (Å²) in [6.45, 7) is 5.68. The van der Waals surface area contributed by atoms with Gasteiger partial charge in [-0.2, -0.15) is 0 Å². The van der Waals surface area contributed by atoms with E-state index in [9.17, 15) is 0 Å². The molecule has 4 nitrogen and oxygen atoms in total. The Bertz CT molecular complexity index is 269. The van der Waals surface area contributed by atoms with Crippen molar-refractivity contribution in [1.29, 1.82) is 0 Å². The van der Waals surface area contributed by atoms with E-state index in [1.165, 1.54) is 51.9 Å². The van der Waals surface area contributed by atoms with Crippen molar-refractivity contribution in [2.75, 3.05) is 53.9 Å². The van der Waals surface area contributed by atoms with Gasteiger partial charge in [-0.05, 0) is 66.5 Å². The molecule has 2 fully saturated rings. The van der Waals surface area contributed by atoms with E-state index >= 15 is 0 Å². The van der Waals surface area contributed by atoms with Crippen molar-refractivity contribution in [2.45, 2.75) is 37.3 Å². The zero-order valence-corrected chi connectivity index (χ0v) is 12.4. The Morgan fingerprint density at radius 3 is 2.67 bits per heavy atom. The van der Waals surface area contributed by atoms with Gasteiger partial charge < -0.3 is 10.6 Å². The molecule has 18 heavy (non-hydrogen) atoms. The molecule has 2 heterocycles. The lowest BCUT2D eigenvalue weighted by atomic mass is 9.87. The van der Waals surface area contributed by atoms with Crippen LogP contribution < -0.4 is 5.73 Å². The van der Waals surface area contributed by atoms with Crippen LogP contribution in [-0.4, -0.2) is 80.1 Å². The fourth-order valence-electron chi connectivity index (χ4n) is 3.89. The number of likely N-dealkylation sites (N-methyl/N-ethyl adjacent to an activating group) is 1. The summed E-state index contributed by atoms with van der Waals surface area (Å²) in [5.74, 6) is 0. The molecule has 4 heteroatoms. The summed E-state index contributed by atoms with van der Waals surface area (Å²) in [7, 11) is 6.57. The van der Waals surface area contributed by atoms with Gasteiger partial charge in [0.1, 0.15) is 0 Å². The van der Waals surface area contributed by atoms with Crippen LogP contribution in [0.25, 0.3) is 0 Å². The SMILES string of the molecule is CN(C)CCCN(C)C1(CN)CCN2CCCC21. The molecule has 2 aliphatic rings. The molecule has 0 saturated carbocycles. The zero-order valence-electron chi connectivity index (χ0n) is 12.4. The normalized spacial score (nSPS) is 32.7. The van der Waals surface area contributed by atoms with Crippen molar-refractivity contribution in [3.8, 4) is 0 Å². The molecule has 0 radical (unpaired) electrons. The second kappa shape index (κ2) is 5.87. The lowest BCUT2D eigenvalue weighted by Crippen LogP contribution is -2.58. The third-order valence-electron chi connectivity index (χ3n) is 5.03. The van der Waals surface area contributed by atoms with Gasteiger partial charge >= 0.3 is 0 Å². The Kier molecular flexibility index (Phi) is 4.64. The highest BCUT2D eigenvalue weighted by Gasteiger charge is 2.50. The molecule has 0 spiro atoms. The molecule has 2 unspecified atom stereocenters. The van der Waals surface area contributed by atoms with Gasteiger partial charge in [0, 0.05) is 24.7 Å². The van der Waals surface area contributed by atoms with Crippen molar-refractivity contribution < 1.29 is 0 Å². The second-order valence-corrected chi connectivity index (χ2v) is 6.33. The van der Waals surface area contributed by atoms with Gasteiger partial charge in [0.15, 0.2) is 0 Å². The Labute approximate surface area is 112 Å². The molecule has 0 amide bonds. The van der Waals surface area contributed by atoms with Gasteiger partial charge in [-0.1, -0.05) is 0 Å². The van der Waals surface area contributed by atoms with Crippen molar-refractivity contribution in [2.24, 2.45) is 5.73 Å². The summed E-state index contributed by atoms with van der Waals surface area (Å²) < 4.78 is 0. The maximum absolute atomic E-state index is 6.18. The average molecular weight is 254 g/mol. The fraction of sp³-hybridized carbons (Fsp3) is 1.00. The first-order valence-electron chi connectivity index (χ1n) is 7.40. The van der Waals surface area contributed by atoms with Crippen molar-refractivity contribution in [3.63, 3.8) is 0 Å². The van der Waals surface area contributed by atoms with Crippen LogP contribution in [0.15, 0.2) is 0 Å². The smallest absolute Gasteiger partial charge is 0.0496 e. The fourth-order valence-corrected chi connectivity index (χ4v) is 3.89. The van der Waals surface area contributed by atoms with Crippen LogP contribution in [0.2, 0.25) is 0 Å². The van der Waals surface area contributed by atoms with Crippen molar-refractivity contribution in [1.82, 2.24) is 14.7 Å². The first kappa shape index (κ1) is 14.3. The molecule has 0 bridgehead atoms. The maximum Gasteiger partial charge on any atom is 0.0496 e. The molecule has 2 aliphatic heterocycles. The molecular weight excluding hydrogens is 224 g/mol. The average Bonchev–Trinajstić information content (AvgIpc) is 2.89. The highest BCUT2D eigenvalue weighted by atomic mass is 15.3. The van der Waals surface area contributed by atoms with Gasteiger partial charge in [0.2, 0.25) is 0 Å². The van der Waals surface area contributed by atoms with E-state index < -0.39 is 0 Å². The van der Waals surface area contributed by atoms with Gasteiger partial charge in [-0.3, -0.25) is 9.80 Å². The summed E-state index contributed by atoms with van der Waals surface area (Å²) >= 11 is 0. The minimum Gasteiger partial charge on any atom is -0.329 e. The summed E-state index contributed by atoms with van der Waals surface area (Å²) in [4.78, 5) is 7.49. The Morgan fingerprint density at radius 2 is 2.00 bits per heavy atom. The summed E-state index contributed by atoms with van der Waals surface area (Å²) in [6.07, 6.45) is 5.19. The van der Waals surface area contributed by atoms with Crippen molar-refractivity contribution >= 4 is 0 Å². The molecule has 0 aromatic rings. The molecule has 0 aliphatic carbocycles. The topological polar surface area (TPSA) is 35.7 Å².